The largest absolute Gasteiger partial charge is 0.496 e. The molecular weight excluding hydrogens is 360 g/mol. The average Bonchev–Trinajstić information content (AvgIpc) is 2.61. The summed E-state index contributed by atoms with van der Waals surface area (Å²) in [4.78, 5) is 22.5. The van der Waals surface area contributed by atoms with Gasteiger partial charge in [-0.2, -0.15) is 0 Å². The minimum absolute atomic E-state index is 0.0332. The molecule has 0 aromatic heterocycles. The predicted octanol–water partition coefficient (Wildman–Crippen LogP) is 4.74. The number of hydrogen-bond acceptors (Lipinski definition) is 5. The van der Waals surface area contributed by atoms with Crippen LogP contribution in [0.4, 0.5) is 11.4 Å². The fourth-order valence-corrected chi connectivity index (χ4v) is 4.21. The number of nitrogens with zero attached hydrogens (tertiary/aromatic N) is 1. The summed E-state index contributed by atoms with van der Waals surface area (Å²) in [6.45, 7) is 8.19. The molecule has 7 heteroatoms. The zero-order valence-corrected chi connectivity index (χ0v) is 17.4. The van der Waals surface area contributed by atoms with Crippen LogP contribution in [0.5, 0.6) is 5.75 Å². The molecule has 0 heterocycles. The molecule has 2 rings (SSSR count). The van der Waals surface area contributed by atoms with Crippen molar-refractivity contribution in [3.63, 3.8) is 0 Å². The van der Waals surface area contributed by atoms with E-state index < -0.39 is 16.8 Å². The maximum absolute atomic E-state index is 11.7. The summed E-state index contributed by atoms with van der Waals surface area (Å²) in [5.74, 6) is 0.394. The number of nitro benzene ring substituents is 1. The number of rotatable bonds is 8. The first-order chi connectivity index (χ1) is 13.1. The van der Waals surface area contributed by atoms with Crippen molar-refractivity contribution in [1.29, 1.82) is 0 Å². The molecule has 0 aliphatic heterocycles. The monoisotopic (exact) mass is 392 g/mol. The summed E-state index contributed by atoms with van der Waals surface area (Å²) in [5.41, 5.74) is 0.944. The standard InChI is InChI=1S/C21H32N2O5/c1-12(2)16-7-6-13(3)8-17(16)22-18-11-20(28-5)15(9-14(4)21(24)25)10-19(18)23(26)27/h10-14,16-17,22H,6-9H2,1-5H3,(H,24,25)/t13-,14?,16+,17-/m1/s1. The zero-order valence-electron chi connectivity index (χ0n) is 17.4. The molecular formula is C21H32N2O5. The molecule has 1 aromatic carbocycles. The Kier molecular flexibility index (Phi) is 7.27. The van der Waals surface area contributed by atoms with Crippen LogP contribution in [0.25, 0.3) is 0 Å². The molecule has 0 radical (unpaired) electrons. The summed E-state index contributed by atoms with van der Waals surface area (Å²) < 4.78 is 5.43. The van der Waals surface area contributed by atoms with Gasteiger partial charge in [0.25, 0.3) is 5.69 Å². The molecule has 4 atom stereocenters. The number of aliphatic carboxylic acids is 1. The predicted molar refractivity (Wildman–Crippen MR) is 109 cm³/mol. The van der Waals surface area contributed by atoms with Crippen LogP contribution in [0, 0.1) is 33.8 Å². The molecule has 1 fully saturated rings. The molecule has 1 aliphatic carbocycles. The lowest BCUT2D eigenvalue weighted by Crippen LogP contribution is -2.38. The van der Waals surface area contributed by atoms with Gasteiger partial charge in [0.2, 0.25) is 0 Å². The molecule has 7 nitrogen and oxygen atoms in total. The Morgan fingerprint density at radius 3 is 2.57 bits per heavy atom. The first kappa shape index (κ1) is 22.0. The van der Waals surface area contributed by atoms with Gasteiger partial charge in [-0.3, -0.25) is 14.9 Å². The third kappa shape index (κ3) is 5.14. The highest BCUT2D eigenvalue weighted by atomic mass is 16.6. The van der Waals surface area contributed by atoms with Crippen LogP contribution in [-0.2, 0) is 11.2 Å². The smallest absolute Gasteiger partial charge is 0.306 e. The van der Waals surface area contributed by atoms with Gasteiger partial charge < -0.3 is 15.2 Å². The van der Waals surface area contributed by atoms with Crippen molar-refractivity contribution >= 4 is 17.3 Å². The molecule has 2 N–H and O–H groups in total. The minimum atomic E-state index is -0.942. The fraction of sp³-hybridized carbons (Fsp3) is 0.667. The number of hydrogen-bond donors (Lipinski definition) is 2. The van der Waals surface area contributed by atoms with E-state index in [0.29, 0.717) is 34.8 Å². The second-order valence-corrected chi connectivity index (χ2v) is 8.46. The van der Waals surface area contributed by atoms with Crippen LogP contribution < -0.4 is 10.1 Å². The van der Waals surface area contributed by atoms with Crippen LogP contribution in [0.1, 0.15) is 52.5 Å². The Balaban J connectivity index is 2.39. The van der Waals surface area contributed by atoms with E-state index in [-0.39, 0.29) is 18.2 Å². The second-order valence-electron chi connectivity index (χ2n) is 8.46. The van der Waals surface area contributed by atoms with Gasteiger partial charge in [-0.05, 0) is 37.0 Å². The lowest BCUT2D eigenvalue weighted by Gasteiger charge is -2.38. The van der Waals surface area contributed by atoms with Crippen LogP contribution >= 0.6 is 0 Å². The first-order valence-corrected chi connectivity index (χ1v) is 9.98. The highest BCUT2D eigenvalue weighted by molar-refractivity contribution is 5.71. The average molecular weight is 392 g/mol. The minimum Gasteiger partial charge on any atom is -0.496 e. The molecule has 156 valence electrons. The van der Waals surface area contributed by atoms with Crippen molar-refractivity contribution in [3.8, 4) is 5.75 Å². The highest BCUT2D eigenvalue weighted by Gasteiger charge is 2.32. The van der Waals surface area contributed by atoms with Crippen molar-refractivity contribution < 1.29 is 19.6 Å². The van der Waals surface area contributed by atoms with Gasteiger partial charge in [0.15, 0.2) is 0 Å². The number of carboxylic acids is 1. The third-order valence-corrected chi connectivity index (χ3v) is 5.91. The number of carboxylic acid groups (broad SMARTS) is 1. The van der Waals surface area contributed by atoms with E-state index in [1.54, 1.807) is 13.0 Å². The first-order valence-electron chi connectivity index (χ1n) is 9.98. The lowest BCUT2D eigenvalue weighted by atomic mass is 9.74. The van der Waals surface area contributed by atoms with Crippen LogP contribution in [0.15, 0.2) is 12.1 Å². The summed E-state index contributed by atoms with van der Waals surface area (Å²) in [6.07, 6.45) is 3.43. The van der Waals surface area contributed by atoms with Gasteiger partial charge in [0, 0.05) is 23.7 Å². The quantitative estimate of drug-likeness (QED) is 0.489. The topological polar surface area (TPSA) is 102 Å². The molecule has 1 saturated carbocycles. The maximum Gasteiger partial charge on any atom is 0.306 e. The second kappa shape index (κ2) is 9.26. The van der Waals surface area contributed by atoms with Crippen LogP contribution in [-0.4, -0.2) is 29.2 Å². The van der Waals surface area contributed by atoms with E-state index in [9.17, 15) is 20.0 Å². The lowest BCUT2D eigenvalue weighted by molar-refractivity contribution is -0.384. The number of benzene rings is 1. The molecule has 0 spiro atoms. The number of nitrogens with one attached hydrogen (secondary N) is 1. The number of ether oxygens (including phenoxy) is 1. The number of nitro groups is 1. The van der Waals surface area contributed by atoms with Gasteiger partial charge in [-0.1, -0.05) is 34.1 Å². The molecule has 1 aliphatic rings. The summed E-state index contributed by atoms with van der Waals surface area (Å²) in [5, 5.41) is 24.3. The van der Waals surface area contributed by atoms with Gasteiger partial charge in [-0.25, -0.2) is 0 Å². The Morgan fingerprint density at radius 1 is 1.36 bits per heavy atom. The van der Waals surface area contributed by atoms with E-state index in [1.165, 1.54) is 19.6 Å². The van der Waals surface area contributed by atoms with Crippen molar-refractivity contribution in [1.82, 2.24) is 0 Å². The van der Waals surface area contributed by atoms with Crippen molar-refractivity contribution in [2.75, 3.05) is 12.4 Å². The Labute approximate surface area is 166 Å². The van der Waals surface area contributed by atoms with E-state index >= 15 is 0 Å². The molecule has 1 unspecified atom stereocenters. The SMILES string of the molecule is COc1cc(N[C@@H]2C[C@H](C)CC[C@H]2C(C)C)c([N+](=O)[O-])cc1CC(C)C(=O)O. The van der Waals surface area contributed by atoms with E-state index in [4.69, 9.17) is 4.74 Å². The van der Waals surface area contributed by atoms with E-state index in [0.717, 1.165) is 12.8 Å². The Morgan fingerprint density at radius 2 is 2.04 bits per heavy atom. The van der Waals surface area contributed by atoms with E-state index in [2.05, 4.69) is 26.1 Å². The van der Waals surface area contributed by atoms with Crippen molar-refractivity contribution in [3.05, 3.63) is 27.8 Å². The van der Waals surface area contributed by atoms with Crippen LogP contribution in [0.3, 0.4) is 0 Å². The maximum atomic E-state index is 11.7. The molecule has 0 bridgehead atoms. The summed E-state index contributed by atoms with van der Waals surface area (Å²) >= 11 is 0. The van der Waals surface area contributed by atoms with Gasteiger partial charge in [0.05, 0.1) is 18.0 Å². The van der Waals surface area contributed by atoms with Crippen molar-refractivity contribution in [2.24, 2.45) is 23.7 Å². The molecule has 0 amide bonds. The Bertz CT molecular complexity index is 719. The fourth-order valence-electron chi connectivity index (χ4n) is 4.21. The van der Waals surface area contributed by atoms with E-state index in [1.807, 2.05) is 0 Å². The molecule has 0 saturated heterocycles. The number of carbonyl (C=O) groups is 1. The van der Waals surface area contributed by atoms with Gasteiger partial charge in [-0.15, -0.1) is 0 Å². The normalized spacial score (nSPS) is 23.3. The summed E-state index contributed by atoms with van der Waals surface area (Å²) in [7, 11) is 1.50. The van der Waals surface area contributed by atoms with Crippen molar-refractivity contribution in [2.45, 2.75) is 59.4 Å². The third-order valence-electron chi connectivity index (χ3n) is 5.91. The van der Waals surface area contributed by atoms with Crippen LogP contribution in [0.2, 0.25) is 0 Å². The Hall–Kier alpha value is -2.31. The molecule has 28 heavy (non-hydrogen) atoms. The zero-order chi connectivity index (χ0) is 21.0. The summed E-state index contributed by atoms with van der Waals surface area (Å²) in [6, 6.07) is 3.27. The number of methoxy groups -OCH3 is 1. The molecule has 1 aromatic rings. The van der Waals surface area contributed by atoms with Gasteiger partial charge >= 0.3 is 5.97 Å². The number of anilines is 1. The van der Waals surface area contributed by atoms with Gasteiger partial charge in [0.1, 0.15) is 11.4 Å². The highest BCUT2D eigenvalue weighted by Crippen LogP contribution is 2.39.